The van der Waals surface area contributed by atoms with Gasteiger partial charge in [0.15, 0.2) is 0 Å². The molecular weight excluding hydrogens is 362 g/mol. The van der Waals surface area contributed by atoms with Gasteiger partial charge in [0.25, 0.3) is 0 Å². The summed E-state index contributed by atoms with van der Waals surface area (Å²) in [6.45, 7) is 2.79. The highest BCUT2D eigenvalue weighted by Gasteiger charge is 2.38. The van der Waals surface area contributed by atoms with Gasteiger partial charge in [-0.25, -0.2) is 0 Å². The molecule has 0 spiro atoms. The number of methoxy groups -OCH3 is 1. The van der Waals surface area contributed by atoms with Crippen LogP contribution in [0.1, 0.15) is 26.2 Å². The Morgan fingerprint density at radius 2 is 1.71 bits per heavy atom. The molecule has 2 fully saturated rings. The Balaban J connectivity index is 1.59. The van der Waals surface area contributed by atoms with E-state index in [1.165, 1.54) is 14.0 Å². The Hall–Kier alpha value is -2.90. The number of carbonyl (C=O) groups excluding carboxylic acids is 4. The Kier molecular flexibility index (Phi) is 5.96. The summed E-state index contributed by atoms with van der Waals surface area (Å²) in [6.07, 6.45) is 1.37. The van der Waals surface area contributed by atoms with Crippen LogP contribution < -0.4 is 10.2 Å². The lowest BCUT2D eigenvalue weighted by Crippen LogP contribution is -2.43. The zero-order chi connectivity index (χ0) is 20.3. The van der Waals surface area contributed by atoms with E-state index in [1.54, 1.807) is 34.1 Å². The van der Waals surface area contributed by atoms with E-state index in [9.17, 15) is 19.2 Å². The predicted octanol–water partition coefficient (Wildman–Crippen LogP) is 1.41. The molecule has 8 nitrogen and oxygen atoms in total. The predicted molar refractivity (Wildman–Crippen MR) is 103 cm³/mol. The number of esters is 1. The first-order valence-corrected chi connectivity index (χ1v) is 9.43. The quantitative estimate of drug-likeness (QED) is 0.788. The van der Waals surface area contributed by atoms with E-state index < -0.39 is 0 Å². The Morgan fingerprint density at radius 1 is 1.07 bits per heavy atom. The van der Waals surface area contributed by atoms with E-state index in [0.717, 1.165) is 0 Å². The van der Waals surface area contributed by atoms with Crippen molar-refractivity contribution in [2.45, 2.75) is 26.2 Å². The number of likely N-dealkylation sites (tertiary alicyclic amines) is 1. The molecule has 0 aliphatic carbocycles. The van der Waals surface area contributed by atoms with E-state index in [4.69, 9.17) is 4.74 Å². The number of rotatable bonds is 4. The smallest absolute Gasteiger partial charge is 0.308 e. The summed E-state index contributed by atoms with van der Waals surface area (Å²) >= 11 is 0. The zero-order valence-corrected chi connectivity index (χ0v) is 16.1. The summed E-state index contributed by atoms with van der Waals surface area (Å²) in [5, 5.41) is 2.68. The molecule has 8 heteroatoms. The van der Waals surface area contributed by atoms with E-state index in [1.807, 2.05) is 0 Å². The van der Waals surface area contributed by atoms with Crippen molar-refractivity contribution in [3.63, 3.8) is 0 Å². The molecule has 0 bridgehead atoms. The number of piperidine rings is 1. The highest BCUT2D eigenvalue weighted by molar-refractivity contribution is 6.00. The maximum Gasteiger partial charge on any atom is 0.308 e. The van der Waals surface area contributed by atoms with Gasteiger partial charge in [0.05, 0.1) is 18.9 Å². The van der Waals surface area contributed by atoms with Crippen LogP contribution in [0, 0.1) is 11.8 Å². The van der Waals surface area contributed by atoms with E-state index in [-0.39, 0.29) is 41.9 Å². The molecule has 3 rings (SSSR count). The summed E-state index contributed by atoms with van der Waals surface area (Å²) in [4.78, 5) is 51.4. The number of hydrogen-bond acceptors (Lipinski definition) is 5. The molecule has 28 heavy (non-hydrogen) atoms. The Labute approximate surface area is 163 Å². The molecule has 0 radical (unpaired) electrons. The van der Waals surface area contributed by atoms with Crippen molar-refractivity contribution in [1.29, 1.82) is 0 Å². The van der Waals surface area contributed by atoms with Crippen LogP contribution in [-0.4, -0.2) is 55.3 Å². The number of nitrogens with zero attached hydrogens (tertiary/aromatic N) is 2. The molecule has 1 unspecified atom stereocenters. The first-order chi connectivity index (χ1) is 13.4. The van der Waals surface area contributed by atoms with Crippen LogP contribution in [-0.2, 0) is 23.9 Å². The molecule has 0 aromatic heterocycles. The van der Waals surface area contributed by atoms with Crippen LogP contribution in [0.25, 0.3) is 0 Å². The molecule has 2 aliphatic heterocycles. The number of carbonyl (C=O) groups is 4. The SMILES string of the molecule is COC(=O)C1CCN(C(=O)C2CC(=O)N(c3ccc(NC(C)=O)cc3)C2)CC1. The fourth-order valence-electron chi connectivity index (χ4n) is 3.81. The summed E-state index contributed by atoms with van der Waals surface area (Å²) in [5.41, 5.74) is 1.36. The topological polar surface area (TPSA) is 96.0 Å². The van der Waals surface area contributed by atoms with E-state index in [0.29, 0.717) is 43.9 Å². The number of nitrogens with one attached hydrogen (secondary N) is 1. The molecule has 1 aromatic rings. The average Bonchev–Trinajstić information content (AvgIpc) is 3.08. The lowest BCUT2D eigenvalue weighted by atomic mass is 9.95. The summed E-state index contributed by atoms with van der Waals surface area (Å²) in [7, 11) is 1.38. The van der Waals surface area contributed by atoms with Gasteiger partial charge in [-0.3, -0.25) is 19.2 Å². The second-order valence-electron chi connectivity index (χ2n) is 7.26. The van der Waals surface area contributed by atoms with Crippen LogP contribution in [0.4, 0.5) is 11.4 Å². The third-order valence-corrected chi connectivity index (χ3v) is 5.31. The van der Waals surface area contributed by atoms with E-state index in [2.05, 4.69) is 5.32 Å². The number of hydrogen-bond donors (Lipinski definition) is 1. The van der Waals surface area contributed by atoms with Gasteiger partial charge >= 0.3 is 5.97 Å². The molecule has 2 saturated heterocycles. The summed E-state index contributed by atoms with van der Waals surface area (Å²) in [5.74, 6) is -1.04. The van der Waals surface area contributed by atoms with Gasteiger partial charge < -0.3 is 19.9 Å². The first kappa shape index (κ1) is 19.9. The second kappa shape index (κ2) is 8.41. The molecule has 1 N–H and O–H groups in total. The normalized spacial score (nSPS) is 20.2. The number of amides is 3. The van der Waals surface area contributed by atoms with Crippen molar-refractivity contribution in [2.75, 3.05) is 37.0 Å². The van der Waals surface area contributed by atoms with Crippen LogP contribution >= 0.6 is 0 Å². The van der Waals surface area contributed by atoms with Gasteiger partial charge in [0.2, 0.25) is 17.7 Å². The molecule has 3 amide bonds. The third-order valence-electron chi connectivity index (χ3n) is 5.31. The second-order valence-corrected chi connectivity index (χ2v) is 7.26. The van der Waals surface area contributed by atoms with Gasteiger partial charge in [-0.15, -0.1) is 0 Å². The minimum absolute atomic E-state index is 0.0333. The van der Waals surface area contributed by atoms with Crippen molar-refractivity contribution in [1.82, 2.24) is 4.90 Å². The van der Waals surface area contributed by atoms with E-state index >= 15 is 0 Å². The van der Waals surface area contributed by atoms with Gasteiger partial charge in [-0.2, -0.15) is 0 Å². The standard InChI is InChI=1S/C20H25N3O5/c1-13(24)21-16-3-5-17(6-4-16)23-12-15(11-18(23)25)19(26)22-9-7-14(8-10-22)20(27)28-2/h3-6,14-15H,7-12H2,1-2H3,(H,21,24). The van der Waals surface area contributed by atoms with Crippen molar-refractivity contribution in [3.05, 3.63) is 24.3 Å². The molecule has 150 valence electrons. The monoisotopic (exact) mass is 387 g/mol. The van der Waals surface area contributed by atoms with Gasteiger partial charge in [-0.05, 0) is 37.1 Å². The Bertz CT molecular complexity index is 769. The van der Waals surface area contributed by atoms with Gasteiger partial charge in [-0.1, -0.05) is 0 Å². The van der Waals surface area contributed by atoms with Crippen LogP contribution in [0.3, 0.4) is 0 Å². The fraction of sp³-hybridized carbons (Fsp3) is 0.500. The van der Waals surface area contributed by atoms with Crippen LogP contribution in [0.15, 0.2) is 24.3 Å². The van der Waals surface area contributed by atoms with Crippen molar-refractivity contribution in [3.8, 4) is 0 Å². The van der Waals surface area contributed by atoms with Crippen LogP contribution in [0.5, 0.6) is 0 Å². The maximum atomic E-state index is 12.8. The van der Waals surface area contributed by atoms with Crippen molar-refractivity contribution < 1.29 is 23.9 Å². The number of ether oxygens (including phenoxy) is 1. The molecule has 2 heterocycles. The maximum absolute atomic E-state index is 12.8. The van der Waals surface area contributed by atoms with Gasteiger partial charge in [0.1, 0.15) is 0 Å². The molecule has 0 saturated carbocycles. The van der Waals surface area contributed by atoms with Crippen molar-refractivity contribution >= 4 is 35.1 Å². The van der Waals surface area contributed by atoms with Crippen molar-refractivity contribution in [2.24, 2.45) is 11.8 Å². The lowest BCUT2D eigenvalue weighted by molar-refractivity contribution is -0.149. The lowest BCUT2D eigenvalue weighted by Gasteiger charge is -2.32. The largest absolute Gasteiger partial charge is 0.469 e. The molecular formula is C20H25N3O5. The molecule has 1 atom stereocenters. The average molecular weight is 387 g/mol. The minimum Gasteiger partial charge on any atom is -0.469 e. The highest BCUT2D eigenvalue weighted by atomic mass is 16.5. The summed E-state index contributed by atoms with van der Waals surface area (Å²) in [6, 6.07) is 6.99. The third kappa shape index (κ3) is 4.32. The Morgan fingerprint density at radius 3 is 2.29 bits per heavy atom. The van der Waals surface area contributed by atoms with Crippen LogP contribution in [0.2, 0.25) is 0 Å². The first-order valence-electron chi connectivity index (χ1n) is 9.43. The fourth-order valence-corrected chi connectivity index (χ4v) is 3.81. The van der Waals surface area contributed by atoms with Gasteiger partial charge in [0, 0.05) is 44.4 Å². The molecule has 1 aromatic carbocycles. The minimum atomic E-state index is -0.378. The number of anilines is 2. The highest BCUT2D eigenvalue weighted by Crippen LogP contribution is 2.29. The summed E-state index contributed by atoms with van der Waals surface area (Å²) < 4.78 is 4.77. The number of benzene rings is 1. The zero-order valence-electron chi connectivity index (χ0n) is 16.1. The molecule has 2 aliphatic rings.